The van der Waals surface area contributed by atoms with Crippen LogP contribution in [0.5, 0.6) is 0 Å². The van der Waals surface area contributed by atoms with Crippen LogP contribution in [0, 0.1) is 0 Å². The van der Waals surface area contributed by atoms with Crippen molar-refractivity contribution in [2.45, 2.75) is 0 Å². The van der Waals surface area contributed by atoms with Crippen molar-refractivity contribution in [1.82, 2.24) is 9.13 Å². The first-order chi connectivity index (χ1) is 19.8. The molecule has 188 valence electrons. The zero-order chi connectivity index (χ0) is 26.5. The van der Waals surface area contributed by atoms with Crippen LogP contribution in [0.15, 0.2) is 158 Å². The zero-order valence-corrected chi connectivity index (χ0v) is 21.9. The van der Waals surface area contributed by atoms with Crippen LogP contribution in [-0.4, -0.2) is 9.13 Å². The minimum absolute atomic E-state index is 1.17. The highest BCUT2D eigenvalue weighted by atomic mass is 15.0. The maximum absolute atomic E-state index is 2.36. The van der Waals surface area contributed by atoms with E-state index in [4.69, 9.17) is 0 Å². The van der Waals surface area contributed by atoms with Gasteiger partial charge in [-0.1, -0.05) is 91.0 Å². The summed E-state index contributed by atoms with van der Waals surface area (Å²) in [5.41, 5.74) is 10.9. The summed E-state index contributed by atoms with van der Waals surface area (Å²) in [6.07, 6.45) is 2.18. The number of nitrogens with zero attached hydrogens (tertiary/aromatic N) is 2. The lowest BCUT2D eigenvalue weighted by Crippen LogP contribution is -1.93. The molecule has 0 bridgehead atoms. The molecule has 6 aromatic carbocycles. The highest BCUT2D eigenvalue weighted by Gasteiger charge is 2.13. The maximum Gasteiger partial charge on any atom is 0.0541 e. The fourth-order valence-electron chi connectivity index (χ4n) is 6.02. The molecular formula is C38H26N2. The molecule has 2 aromatic heterocycles. The van der Waals surface area contributed by atoms with E-state index in [0.29, 0.717) is 0 Å². The van der Waals surface area contributed by atoms with E-state index in [9.17, 15) is 0 Å². The lowest BCUT2D eigenvalue weighted by molar-refractivity contribution is 1.13. The molecule has 0 spiro atoms. The summed E-state index contributed by atoms with van der Waals surface area (Å²) in [6.45, 7) is 0. The minimum atomic E-state index is 1.17. The van der Waals surface area contributed by atoms with Gasteiger partial charge in [0.2, 0.25) is 0 Å². The summed E-state index contributed by atoms with van der Waals surface area (Å²) < 4.78 is 4.64. The molecule has 2 heterocycles. The van der Waals surface area contributed by atoms with Gasteiger partial charge in [0.25, 0.3) is 0 Å². The summed E-state index contributed by atoms with van der Waals surface area (Å²) in [5.74, 6) is 0. The van der Waals surface area contributed by atoms with Gasteiger partial charge in [0.15, 0.2) is 0 Å². The fourth-order valence-corrected chi connectivity index (χ4v) is 6.02. The van der Waals surface area contributed by atoms with E-state index >= 15 is 0 Å². The maximum atomic E-state index is 2.36. The SMILES string of the molecule is c1ccc(-c2cccc(-n3ccc4cc(-c5ccc6c(c5)c5ccccc5n6-c5ccccc5)ccc43)c2)cc1. The molecular weight excluding hydrogens is 484 g/mol. The summed E-state index contributed by atoms with van der Waals surface area (Å²) in [6, 6.07) is 54.5. The Bertz CT molecular complexity index is 2150. The third-order valence-electron chi connectivity index (χ3n) is 7.94. The second kappa shape index (κ2) is 9.14. The molecule has 0 saturated heterocycles. The quantitative estimate of drug-likeness (QED) is 0.223. The fraction of sp³-hybridized carbons (Fsp3) is 0. The van der Waals surface area contributed by atoms with E-state index in [2.05, 4.69) is 167 Å². The van der Waals surface area contributed by atoms with E-state index in [1.54, 1.807) is 0 Å². The van der Waals surface area contributed by atoms with E-state index in [-0.39, 0.29) is 0 Å². The number of para-hydroxylation sites is 2. The van der Waals surface area contributed by atoms with Gasteiger partial charge in [-0.25, -0.2) is 0 Å². The van der Waals surface area contributed by atoms with Gasteiger partial charge in [-0.15, -0.1) is 0 Å². The van der Waals surface area contributed by atoms with Crippen LogP contribution >= 0.6 is 0 Å². The number of fused-ring (bicyclic) bond motifs is 4. The van der Waals surface area contributed by atoms with Gasteiger partial charge < -0.3 is 9.13 Å². The Morgan fingerprint density at radius 1 is 0.350 bits per heavy atom. The van der Waals surface area contributed by atoms with Crippen molar-refractivity contribution in [3.05, 3.63) is 158 Å². The van der Waals surface area contributed by atoms with Crippen LogP contribution in [-0.2, 0) is 0 Å². The van der Waals surface area contributed by atoms with Crippen molar-refractivity contribution >= 4 is 32.7 Å². The normalized spacial score (nSPS) is 11.5. The lowest BCUT2D eigenvalue weighted by Gasteiger charge is -2.10. The first kappa shape index (κ1) is 22.6. The molecule has 0 unspecified atom stereocenters. The molecule has 40 heavy (non-hydrogen) atoms. The Hall–Kier alpha value is -5.34. The van der Waals surface area contributed by atoms with Gasteiger partial charge in [-0.3, -0.25) is 0 Å². The van der Waals surface area contributed by atoms with Crippen molar-refractivity contribution in [3.8, 4) is 33.6 Å². The molecule has 0 aliphatic heterocycles. The topological polar surface area (TPSA) is 9.86 Å². The highest BCUT2D eigenvalue weighted by molar-refractivity contribution is 6.10. The first-order valence-electron chi connectivity index (χ1n) is 13.7. The van der Waals surface area contributed by atoms with E-state index in [0.717, 1.165) is 0 Å². The largest absolute Gasteiger partial charge is 0.317 e. The summed E-state index contributed by atoms with van der Waals surface area (Å²) in [4.78, 5) is 0. The first-order valence-corrected chi connectivity index (χ1v) is 13.7. The lowest BCUT2D eigenvalue weighted by atomic mass is 10.0. The van der Waals surface area contributed by atoms with Crippen molar-refractivity contribution in [3.63, 3.8) is 0 Å². The van der Waals surface area contributed by atoms with Gasteiger partial charge in [-0.05, 0) is 82.9 Å². The number of rotatable bonds is 4. The van der Waals surface area contributed by atoms with Crippen molar-refractivity contribution in [2.24, 2.45) is 0 Å². The van der Waals surface area contributed by atoms with Crippen molar-refractivity contribution in [1.29, 1.82) is 0 Å². The standard InChI is InChI=1S/C38H26N2/c1-3-10-27(11-4-1)28-12-9-15-33(25-28)39-23-22-31-24-29(18-20-36(31)39)30-19-21-38-35(26-30)34-16-7-8-17-37(34)40(38)32-13-5-2-6-14-32/h1-26H. The van der Waals surface area contributed by atoms with Gasteiger partial charge in [-0.2, -0.15) is 0 Å². The number of benzene rings is 6. The Morgan fingerprint density at radius 2 is 0.975 bits per heavy atom. The van der Waals surface area contributed by atoms with E-state index < -0.39 is 0 Å². The zero-order valence-electron chi connectivity index (χ0n) is 21.9. The van der Waals surface area contributed by atoms with Crippen molar-refractivity contribution in [2.75, 3.05) is 0 Å². The average molecular weight is 511 g/mol. The molecule has 0 aliphatic carbocycles. The molecule has 0 amide bonds. The Kier molecular flexibility index (Phi) is 5.17. The average Bonchev–Trinajstić information content (AvgIpc) is 3.60. The monoisotopic (exact) mass is 510 g/mol. The number of hydrogen-bond acceptors (Lipinski definition) is 0. The Morgan fingerprint density at radius 3 is 1.82 bits per heavy atom. The van der Waals surface area contributed by atoms with Crippen LogP contribution in [0.3, 0.4) is 0 Å². The predicted octanol–water partition coefficient (Wildman–Crippen LogP) is 10.1. The van der Waals surface area contributed by atoms with Crippen LogP contribution in [0.1, 0.15) is 0 Å². The van der Waals surface area contributed by atoms with Gasteiger partial charge in [0, 0.05) is 33.7 Å². The smallest absolute Gasteiger partial charge is 0.0541 e. The second-order valence-corrected chi connectivity index (χ2v) is 10.3. The van der Waals surface area contributed by atoms with Crippen molar-refractivity contribution < 1.29 is 0 Å². The molecule has 2 nitrogen and oxygen atoms in total. The molecule has 0 radical (unpaired) electrons. The third kappa shape index (κ3) is 3.65. The Labute approximate surface area is 233 Å². The number of aromatic nitrogens is 2. The van der Waals surface area contributed by atoms with E-state index in [1.165, 1.54) is 66.3 Å². The molecule has 0 N–H and O–H groups in total. The predicted molar refractivity (Wildman–Crippen MR) is 168 cm³/mol. The van der Waals surface area contributed by atoms with Gasteiger partial charge >= 0.3 is 0 Å². The second-order valence-electron chi connectivity index (χ2n) is 10.3. The molecule has 0 saturated carbocycles. The number of hydrogen-bond donors (Lipinski definition) is 0. The summed E-state index contributed by atoms with van der Waals surface area (Å²) in [5, 5.41) is 3.77. The highest BCUT2D eigenvalue weighted by Crippen LogP contribution is 2.36. The molecule has 0 fully saturated rings. The van der Waals surface area contributed by atoms with Crippen LogP contribution < -0.4 is 0 Å². The summed E-state index contributed by atoms with van der Waals surface area (Å²) >= 11 is 0. The molecule has 8 rings (SSSR count). The van der Waals surface area contributed by atoms with Gasteiger partial charge in [0.1, 0.15) is 0 Å². The van der Waals surface area contributed by atoms with Crippen LogP contribution in [0.25, 0.3) is 66.3 Å². The van der Waals surface area contributed by atoms with Crippen LogP contribution in [0.4, 0.5) is 0 Å². The third-order valence-corrected chi connectivity index (χ3v) is 7.94. The van der Waals surface area contributed by atoms with Crippen LogP contribution in [0.2, 0.25) is 0 Å². The summed E-state index contributed by atoms with van der Waals surface area (Å²) in [7, 11) is 0. The molecule has 0 aliphatic rings. The minimum Gasteiger partial charge on any atom is -0.317 e. The van der Waals surface area contributed by atoms with E-state index in [1.807, 2.05) is 0 Å². The molecule has 0 atom stereocenters. The molecule has 2 heteroatoms. The Balaban J connectivity index is 1.22. The van der Waals surface area contributed by atoms with Gasteiger partial charge in [0.05, 0.1) is 16.6 Å². The molecule has 8 aromatic rings.